The van der Waals surface area contributed by atoms with Crippen molar-refractivity contribution in [3.8, 4) is 22.4 Å². The number of likely N-dealkylation sites (N-methyl/N-ethyl adjacent to an activating group) is 1. The minimum absolute atomic E-state index is 0.147. The number of carbonyl (C=O) groups excluding carboxylic acids is 4. The molecule has 2 aliphatic heterocycles. The van der Waals surface area contributed by atoms with Gasteiger partial charge in [-0.3, -0.25) is 29.2 Å². The van der Waals surface area contributed by atoms with E-state index in [9.17, 15) is 19.2 Å². The molecule has 15 heteroatoms. The van der Waals surface area contributed by atoms with Gasteiger partial charge in [-0.1, -0.05) is 58.0 Å². The lowest BCUT2D eigenvalue weighted by Gasteiger charge is -2.36. The lowest BCUT2D eigenvalue weighted by atomic mass is 9.84. The molecule has 6 rings (SSSR count). The van der Waals surface area contributed by atoms with Crippen LogP contribution in [0.25, 0.3) is 33.3 Å². The number of hydrogen-bond acceptors (Lipinski definition) is 11. The van der Waals surface area contributed by atoms with Crippen LogP contribution in [0.4, 0.5) is 0 Å². The molecule has 354 valence electrons. The molecule has 4 aromatic rings. The molecule has 2 aliphatic rings. The van der Waals surface area contributed by atoms with Gasteiger partial charge in [-0.25, -0.2) is 15.4 Å². The molecule has 2 N–H and O–H groups in total. The van der Waals surface area contributed by atoms with Gasteiger partial charge in [0, 0.05) is 88.1 Å². The number of pyridine rings is 1. The van der Waals surface area contributed by atoms with Crippen LogP contribution in [0.15, 0.2) is 70.9 Å². The molecule has 2 aromatic carbocycles. The summed E-state index contributed by atoms with van der Waals surface area (Å²) in [6.45, 7) is 13.3. The summed E-state index contributed by atoms with van der Waals surface area (Å²) >= 11 is 0. The van der Waals surface area contributed by atoms with Gasteiger partial charge >= 0.3 is 5.97 Å². The van der Waals surface area contributed by atoms with Crippen LogP contribution in [0.1, 0.15) is 83.4 Å². The molecule has 15 nitrogen and oxygen atoms in total. The van der Waals surface area contributed by atoms with E-state index in [1.807, 2.05) is 38.2 Å². The number of amides is 3. The Morgan fingerprint density at radius 2 is 1.83 bits per heavy atom. The number of aryl methyl sites for hydroxylation is 1. The molecule has 2 aromatic heterocycles. The molecule has 3 amide bonds. The second kappa shape index (κ2) is 23.1. The fourth-order valence-electron chi connectivity index (χ4n) is 9.11. The van der Waals surface area contributed by atoms with Crippen LogP contribution in [0.5, 0.6) is 0 Å². The van der Waals surface area contributed by atoms with Gasteiger partial charge in [-0.05, 0) is 91.0 Å². The minimum atomic E-state index is -1.02. The van der Waals surface area contributed by atoms with Gasteiger partial charge in [0.1, 0.15) is 18.1 Å². The molecular weight excluding hydrogens is 837 g/mol. The highest BCUT2D eigenvalue weighted by atomic mass is 16.5. The number of rotatable bonds is 16. The second-order valence-electron chi connectivity index (χ2n) is 18.5. The third-order valence-corrected chi connectivity index (χ3v) is 12.4. The molecule has 0 saturated carbocycles. The predicted molar refractivity (Wildman–Crippen MR) is 256 cm³/mol. The summed E-state index contributed by atoms with van der Waals surface area (Å²) in [6.07, 6.45) is 6.93. The van der Waals surface area contributed by atoms with Gasteiger partial charge in [-0.15, -0.1) is 0 Å². The fraction of sp³-hybridized carbons (Fsp3) is 0.529. The zero-order valence-electron chi connectivity index (χ0n) is 40.0. The first kappa shape index (κ1) is 49.7. The Morgan fingerprint density at radius 3 is 2.58 bits per heavy atom. The molecule has 1 saturated heterocycles. The van der Waals surface area contributed by atoms with E-state index in [0.29, 0.717) is 65.1 Å². The number of nitrogens with one attached hydrogen (secondary N) is 2. The zero-order valence-corrected chi connectivity index (χ0v) is 40.0. The summed E-state index contributed by atoms with van der Waals surface area (Å²) in [6, 6.07) is 16.6. The first-order valence-electron chi connectivity index (χ1n) is 23.3. The van der Waals surface area contributed by atoms with E-state index in [1.165, 1.54) is 9.91 Å². The van der Waals surface area contributed by atoms with Gasteiger partial charge in [0.05, 0.1) is 38.0 Å². The van der Waals surface area contributed by atoms with Crippen LogP contribution in [-0.2, 0) is 59.4 Å². The summed E-state index contributed by atoms with van der Waals surface area (Å²) in [5.41, 5.74) is 10.7. The van der Waals surface area contributed by atoms with Gasteiger partial charge in [0.15, 0.2) is 0 Å². The van der Waals surface area contributed by atoms with Crippen LogP contribution in [0, 0.1) is 11.3 Å². The maximum atomic E-state index is 14.6. The number of fused-ring (bicyclic) bond motifs is 6. The number of cyclic esters (lactones) is 1. The SMILES string of the molecule is CCn1c(-c2cnccc2COC)c2c3cc(ccc31)-c1cccc(c1)C[C@H](NC(=O)[C@H](C(C)C)N(C)C(=O)CCCN=C=NCCCOC)C(=O)N1CCC[C@H](N1)C(=O)OCC(C)(C)C2. The van der Waals surface area contributed by atoms with Crippen molar-refractivity contribution in [2.75, 3.05) is 54.1 Å². The molecule has 0 radical (unpaired) electrons. The van der Waals surface area contributed by atoms with E-state index in [0.717, 1.165) is 56.4 Å². The lowest BCUT2D eigenvalue weighted by molar-refractivity contribution is -0.155. The molecule has 0 aliphatic carbocycles. The highest BCUT2D eigenvalue weighted by Crippen LogP contribution is 2.41. The van der Waals surface area contributed by atoms with Crippen LogP contribution in [-0.4, -0.2) is 121 Å². The van der Waals surface area contributed by atoms with Crippen molar-refractivity contribution < 1.29 is 33.4 Å². The largest absolute Gasteiger partial charge is 0.464 e. The van der Waals surface area contributed by atoms with Gasteiger partial charge < -0.3 is 29.0 Å². The number of methoxy groups -OCH3 is 2. The van der Waals surface area contributed by atoms with Gasteiger partial charge in [0.2, 0.25) is 11.8 Å². The normalized spacial score (nSPS) is 18.0. The zero-order chi connectivity index (χ0) is 47.4. The van der Waals surface area contributed by atoms with E-state index >= 15 is 0 Å². The molecule has 66 heavy (non-hydrogen) atoms. The molecule has 0 unspecified atom stereocenters. The lowest BCUT2D eigenvalue weighted by Crippen LogP contribution is -2.62. The Labute approximate surface area is 389 Å². The second-order valence-corrected chi connectivity index (χ2v) is 18.5. The van der Waals surface area contributed by atoms with E-state index < -0.39 is 35.4 Å². The first-order chi connectivity index (χ1) is 31.8. The Morgan fingerprint density at radius 1 is 1.06 bits per heavy atom. The minimum Gasteiger partial charge on any atom is -0.464 e. The maximum Gasteiger partial charge on any atom is 0.324 e. The number of esters is 1. The molecule has 4 heterocycles. The van der Waals surface area contributed by atoms with Gasteiger partial charge in [-0.2, -0.15) is 0 Å². The van der Waals surface area contributed by atoms with Crippen molar-refractivity contribution in [1.29, 1.82) is 0 Å². The smallest absolute Gasteiger partial charge is 0.324 e. The van der Waals surface area contributed by atoms with E-state index in [1.54, 1.807) is 27.5 Å². The summed E-state index contributed by atoms with van der Waals surface area (Å²) in [5.74, 6) is -1.74. The van der Waals surface area contributed by atoms with Crippen LogP contribution >= 0.6 is 0 Å². The summed E-state index contributed by atoms with van der Waals surface area (Å²) < 4.78 is 19.1. The predicted octanol–water partition coefficient (Wildman–Crippen LogP) is 6.66. The quantitative estimate of drug-likeness (QED) is 0.0710. The average molecular weight is 905 g/mol. The maximum absolute atomic E-state index is 14.6. The monoisotopic (exact) mass is 905 g/mol. The van der Waals surface area contributed by atoms with Crippen molar-refractivity contribution in [2.24, 2.45) is 21.3 Å². The Hall–Kier alpha value is -5.73. The van der Waals surface area contributed by atoms with E-state index in [2.05, 4.69) is 87.4 Å². The summed E-state index contributed by atoms with van der Waals surface area (Å²) in [4.78, 5) is 70.7. The standard InChI is InChI=1S/C51H68N8O7/c1-9-58-44-19-18-37-28-39(44)40(47(58)41-30-52-23-20-38(41)31-65-8)29-51(4,5)32-66-50(63)42-16-12-24-59(56-42)49(62)43(27-35-14-10-15-36(37)26-35)55-48(61)46(34(2)3)57(6)45(60)17-11-21-53-33-54-22-13-25-64-7/h10,14-15,18-20,23,26,28,30,34,42-43,46,56H,9,11-13,16-17,21-22,24-25,27,29,31-32H2,1-8H3,(H,55,61)/t42-,43-,46-/m0/s1. The summed E-state index contributed by atoms with van der Waals surface area (Å²) in [5, 5.41) is 5.60. The number of aliphatic imine (C=N–C) groups is 2. The van der Waals surface area contributed by atoms with Gasteiger partial charge in [0.25, 0.3) is 5.91 Å². The van der Waals surface area contributed by atoms with Crippen LogP contribution < -0.4 is 10.7 Å². The molecular formula is C51H68N8O7. The van der Waals surface area contributed by atoms with Crippen molar-refractivity contribution in [3.63, 3.8) is 0 Å². The average Bonchev–Trinajstić information content (AvgIpc) is 3.60. The van der Waals surface area contributed by atoms with Crippen molar-refractivity contribution >= 4 is 40.6 Å². The number of nitrogens with zero attached hydrogens (tertiary/aromatic N) is 6. The third kappa shape index (κ3) is 12.2. The molecule has 0 spiro atoms. The molecule has 1 fully saturated rings. The fourth-order valence-corrected chi connectivity index (χ4v) is 9.11. The van der Waals surface area contributed by atoms with Crippen molar-refractivity contribution in [1.82, 2.24) is 30.2 Å². The van der Waals surface area contributed by atoms with Crippen LogP contribution in [0.2, 0.25) is 0 Å². The van der Waals surface area contributed by atoms with E-state index in [4.69, 9.17) is 14.2 Å². The molecule has 3 atom stereocenters. The Balaban J connectivity index is 1.35. The highest BCUT2D eigenvalue weighted by Gasteiger charge is 2.37. The number of hydrazine groups is 1. The topological polar surface area (TPSA) is 169 Å². The number of ether oxygens (including phenoxy) is 3. The number of carbonyl (C=O) groups is 4. The summed E-state index contributed by atoms with van der Waals surface area (Å²) in [7, 11) is 4.96. The van der Waals surface area contributed by atoms with Crippen molar-refractivity contribution in [3.05, 3.63) is 77.6 Å². The number of benzene rings is 2. The third-order valence-electron chi connectivity index (χ3n) is 12.4. The first-order valence-corrected chi connectivity index (χ1v) is 23.3. The number of hydrogen-bond donors (Lipinski definition) is 2. The van der Waals surface area contributed by atoms with E-state index in [-0.39, 0.29) is 37.2 Å². The Kier molecular flexibility index (Phi) is 17.4. The van der Waals surface area contributed by atoms with Crippen LogP contribution in [0.3, 0.4) is 0 Å². The Bertz CT molecular complexity index is 2400. The van der Waals surface area contributed by atoms with Crippen molar-refractivity contribution in [2.45, 2.75) is 111 Å². The molecule has 6 bridgehead atoms. The highest BCUT2D eigenvalue weighted by molar-refractivity contribution is 5.96. The number of aromatic nitrogens is 2.